The average molecular weight is 438 g/mol. The van der Waals surface area contributed by atoms with Gasteiger partial charge in [-0.1, -0.05) is 65.8 Å². The smallest absolute Gasteiger partial charge is 0.0405 e. The highest BCUT2D eigenvalue weighted by Crippen LogP contribution is 2.26. The number of benzene rings is 2. The van der Waals surface area contributed by atoms with Gasteiger partial charge in [-0.05, 0) is 84.9 Å². The molecule has 3 nitrogen and oxygen atoms in total. The summed E-state index contributed by atoms with van der Waals surface area (Å²) < 4.78 is 0. The summed E-state index contributed by atoms with van der Waals surface area (Å²) in [4.78, 5) is 0. The molecule has 2 aromatic carbocycles. The third-order valence-electron chi connectivity index (χ3n) is 6.50. The Morgan fingerprint density at radius 2 is 0.875 bits per heavy atom. The van der Waals surface area contributed by atoms with Crippen LogP contribution in [-0.2, 0) is 38.5 Å². The van der Waals surface area contributed by atoms with Gasteiger partial charge in [0.1, 0.15) is 0 Å². The van der Waals surface area contributed by atoms with Crippen LogP contribution in [0.25, 0.3) is 0 Å². The van der Waals surface area contributed by atoms with Crippen LogP contribution in [0.15, 0.2) is 24.3 Å². The van der Waals surface area contributed by atoms with E-state index in [1.165, 1.54) is 44.8 Å². The van der Waals surface area contributed by atoms with E-state index in [1.54, 1.807) is 0 Å². The first-order chi connectivity index (χ1) is 15.6. The van der Waals surface area contributed by atoms with Crippen LogP contribution < -0.4 is 16.0 Å². The van der Waals surface area contributed by atoms with E-state index in [2.05, 4.69) is 81.8 Å². The molecule has 0 aliphatic carbocycles. The molecular weight excluding hydrogens is 390 g/mol. The molecule has 3 N–H and O–H groups in total. The maximum Gasteiger partial charge on any atom is 0.0405 e. The Kier molecular flexibility index (Phi) is 11.7. The second kappa shape index (κ2) is 14.2. The van der Waals surface area contributed by atoms with Crippen molar-refractivity contribution in [2.45, 2.75) is 86.5 Å². The van der Waals surface area contributed by atoms with Gasteiger partial charge >= 0.3 is 0 Å². The van der Waals surface area contributed by atoms with E-state index in [4.69, 9.17) is 0 Å². The molecule has 0 aliphatic rings. The maximum absolute atomic E-state index is 3.74. The van der Waals surface area contributed by atoms with E-state index in [0.29, 0.717) is 0 Å². The molecule has 0 fully saturated rings. The van der Waals surface area contributed by atoms with Gasteiger partial charge in [0.2, 0.25) is 0 Å². The number of hydrogen-bond donors (Lipinski definition) is 3. The number of aryl methyl sites for hydroxylation is 6. The first kappa shape index (κ1) is 26.3. The SMILES string of the molecule is CCc1cc(CC)c(NCCCNCCNc2c(CC)cc(CC)cc2CC)c(CC)c1. The molecule has 0 amide bonds. The monoisotopic (exact) mass is 437 g/mol. The molecule has 0 radical (unpaired) electrons. The lowest BCUT2D eigenvalue weighted by molar-refractivity contribution is 0.674. The molecular formula is C29H47N3. The second-order valence-electron chi connectivity index (χ2n) is 8.66. The summed E-state index contributed by atoms with van der Waals surface area (Å²) in [6.45, 7) is 17.6. The minimum absolute atomic E-state index is 0.970. The Hall–Kier alpha value is -2.00. The third-order valence-corrected chi connectivity index (χ3v) is 6.50. The minimum Gasteiger partial charge on any atom is -0.385 e. The molecule has 0 saturated carbocycles. The zero-order valence-corrected chi connectivity index (χ0v) is 21.6. The van der Waals surface area contributed by atoms with Gasteiger partial charge in [-0.2, -0.15) is 0 Å². The standard InChI is InChI=1S/C29H47N3/c1-7-22-18-24(9-3)28(25(10-4)19-22)31-15-13-14-30-16-17-32-29-26(11-5)20-23(8-2)21-27(29)12-6/h18-21,30-32H,7-17H2,1-6H3. The largest absolute Gasteiger partial charge is 0.385 e. The van der Waals surface area contributed by atoms with Gasteiger partial charge in [0.25, 0.3) is 0 Å². The van der Waals surface area contributed by atoms with Crippen LogP contribution >= 0.6 is 0 Å². The molecule has 0 heterocycles. The van der Waals surface area contributed by atoms with Crippen LogP contribution in [0.3, 0.4) is 0 Å². The van der Waals surface area contributed by atoms with Crippen molar-refractivity contribution in [1.82, 2.24) is 5.32 Å². The molecule has 0 spiro atoms. The fourth-order valence-corrected chi connectivity index (χ4v) is 4.49. The number of hydrogen-bond acceptors (Lipinski definition) is 3. The first-order valence-electron chi connectivity index (χ1n) is 13.1. The van der Waals surface area contributed by atoms with E-state index in [-0.39, 0.29) is 0 Å². The third kappa shape index (κ3) is 7.27. The Balaban J connectivity index is 1.77. The molecule has 0 aromatic heterocycles. The normalized spacial score (nSPS) is 11.1. The average Bonchev–Trinajstić information content (AvgIpc) is 2.84. The number of anilines is 2. The molecule has 2 rings (SSSR count). The fourth-order valence-electron chi connectivity index (χ4n) is 4.49. The number of nitrogens with one attached hydrogen (secondary N) is 3. The lowest BCUT2D eigenvalue weighted by Crippen LogP contribution is -2.25. The zero-order chi connectivity index (χ0) is 23.3. The van der Waals surface area contributed by atoms with Gasteiger partial charge in [0.05, 0.1) is 0 Å². The van der Waals surface area contributed by atoms with Crippen molar-refractivity contribution in [2.24, 2.45) is 0 Å². The van der Waals surface area contributed by atoms with Gasteiger partial charge in [0.15, 0.2) is 0 Å². The topological polar surface area (TPSA) is 36.1 Å². The first-order valence-corrected chi connectivity index (χ1v) is 13.1. The highest BCUT2D eigenvalue weighted by molar-refractivity contribution is 5.60. The summed E-state index contributed by atoms with van der Waals surface area (Å²) in [6, 6.07) is 9.52. The quantitative estimate of drug-likeness (QED) is 0.276. The molecule has 0 atom stereocenters. The van der Waals surface area contributed by atoms with Crippen molar-refractivity contribution in [1.29, 1.82) is 0 Å². The lowest BCUT2D eigenvalue weighted by Gasteiger charge is -2.18. The highest BCUT2D eigenvalue weighted by atomic mass is 15.0. The minimum atomic E-state index is 0.970. The second-order valence-corrected chi connectivity index (χ2v) is 8.66. The lowest BCUT2D eigenvalue weighted by atomic mass is 9.98. The van der Waals surface area contributed by atoms with Gasteiger partial charge in [-0.25, -0.2) is 0 Å². The van der Waals surface area contributed by atoms with Crippen LogP contribution in [-0.4, -0.2) is 26.2 Å². The van der Waals surface area contributed by atoms with Gasteiger partial charge < -0.3 is 16.0 Å². The van der Waals surface area contributed by atoms with Crippen LogP contribution in [0.4, 0.5) is 11.4 Å². The summed E-state index contributed by atoms with van der Waals surface area (Å²) >= 11 is 0. The van der Waals surface area contributed by atoms with Crippen molar-refractivity contribution in [3.8, 4) is 0 Å². The van der Waals surface area contributed by atoms with Crippen molar-refractivity contribution in [3.63, 3.8) is 0 Å². The zero-order valence-electron chi connectivity index (χ0n) is 21.6. The number of rotatable bonds is 15. The van der Waals surface area contributed by atoms with Crippen LogP contribution in [0.1, 0.15) is 81.3 Å². The van der Waals surface area contributed by atoms with E-state index in [1.807, 2.05) is 0 Å². The van der Waals surface area contributed by atoms with E-state index in [9.17, 15) is 0 Å². The Morgan fingerprint density at radius 1 is 0.469 bits per heavy atom. The predicted octanol–water partition coefficient (Wildman–Crippen LogP) is 6.56. The predicted molar refractivity (Wildman–Crippen MR) is 144 cm³/mol. The van der Waals surface area contributed by atoms with Crippen molar-refractivity contribution in [3.05, 3.63) is 57.6 Å². The molecule has 3 heteroatoms. The molecule has 0 unspecified atom stereocenters. The summed E-state index contributed by atoms with van der Waals surface area (Å²) in [6.07, 6.45) is 7.70. The molecule has 0 aliphatic heterocycles. The Morgan fingerprint density at radius 3 is 1.25 bits per heavy atom. The summed E-state index contributed by atoms with van der Waals surface area (Å²) in [5, 5.41) is 11.1. The Bertz CT molecular complexity index is 706. The summed E-state index contributed by atoms with van der Waals surface area (Å²) in [5.41, 5.74) is 11.5. The van der Waals surface area contributed by atoms with Gasteiger partial charge in [-0.3, -0.25) is 0 Å². The van der Waals surface area contributed by atoms with Crippen LogP contribution in [0.2, 0.25) is 0 Å². The molecule has 32 heavy (non-hydrogen) atoms. The van der Waals surface area contributed by atoms with Gasteiger partial charge in [0, 0.05) is 31.0 Å². The highest BCUT2D eigenvalue weighted by Gasteiger charge is 2.09. The van der Waals surface area contributed by atoms with Gasteiger partial charge in [-0.15, -0.1) is 0 Å². The van der Waals surface area contributed by atoms with E-state index >= 15 is 0 Å². The summed E-state index contributed by atoms with van der Waals surface area (Å²) in [7, 11) is 0. The molecule has 0 bridgehead atoms. The summed E-state index contributed by atoms with van der Waals surface area (Å²) in [5.74, 6) is 0. The van der Waals surface area contributed by atoms with E-state index < -0.39 is 0 Å². The van der Waals surface area contributed by atoms with Crippen LogP contribution in [0, 0.1) is 0 Å². The van der Waals surface area contributed by atoms with Crippen molar-refractivity contribution < 1.29 is 0 Å². The van der Waals surface area contributed by atoms with Crippen LogP contribution in [0.5, 0.6) is 0 Å². The fraction of sp³-hybridized carbons (Fsp3) is 0.586. The molecule has 0 saturated heterocycles. The van der Waals surface area contributed by atoms with E-state index in [0.717, 1.165) is 71.1 Å². The molecule has 178 valence electrons. The Labute approximate surface area is 197 Å². The maximum atomic E-state index is 3.74. The van der Waals surface area contributed by atoms with Crippen molar-refractivity contribution >= 4 is 11.4 Å². The molecule has 2 aromatic rings. The van der Waals surface area contributed by atoms with Crippen molar-refractivity contribution in [2.75, 3.05) is 36.8 Å².